The van der Waals surface area contributed by atoms with E-state index in [1.807, 2.05) is 0 Å². The molecular formula is C13H21NO4. The van der Waals surface area contributed by atoms with E-state index in [9.17, 15) is 14.7 Å². The van der Waals surface area contributed by atoms with Crippen molar-refractivity contribution in [3.05, 3.63) is 0 Å². The highest BCUT2D eigenvalue weighted by molar-refractivity contribution is 5.80. The first-order valence-electron chi connectivity index (χ1n) is 6.57. The van der Waals surface area contributed by atoms with Gasteiger partial charge in [-0.3, -0.25) is 9.59 Å². The number of likely N-dealkylation sites (tertiary alicyclic amines) is 1. The molecule has 1 amide bonds. The van der Waals surface area contributed by atoms with Crippen molar-refractivity contribution >= 4 is 11.9 Å². The SMILES string of the molecule is COCC(=O)N1CCCC(CC2CC2)(C(=O)O)C1. The van der Waals surface area contributed by atoms with Gasteiger partial charge in [0, 0.05) is 20.2 Å². The van der Waals surface area contributed by atoms with Crippen molar-refractivity contribution in [1.29, 1.82) is 0 Å². The Kier molecular flexibility index (Phi) is 3.90. The summed E-state index contributed by atoms with van der Waals surface area (Å²) in [4.78, 5) is 25.1. The molecule has 0 aromatic heterocycles. The number of rotatable bonds is 5. The van der Waals surface area contributed by atoms with Gasteiger partial charge in [-0.05, 0) is 25.2 Å². The van der Waals surface area contributed by atoms with E-state index in [0.717, 1.165) is 25.7 Å². The number of methoxy groups -OCH3 is 1. The molecule has 0 radical (unpaired) electrons. The molecule has 1 heterocycles. The van der Waals surface area contributed by atoms with Gasteiger partial charge in [0.1, 0.15) is 6.61 Å². The van der Waals surface area contributed by atoms with Crippen molar-refractivity contribution in [2.45, 2.75) is 32.1 Å². The van der Waals surface area contributed by atoms with Gasteiger partial charge in [0.05, 0.1) is 5.41 Å². The first kappa shape index (κ1) is 13.3. The number of ether oxygens (including phenoxy) is 1. The van der Waals surface area contributed by atoms with E-state index < -0.39 is 11.4 Å². The molecule has 0 spiro atoms. The zero-order chi connectivity index (χ0) is 13.2. The van der Waals surface area contributed by atoms with Gasteiger partial charge in [0.25, 0.3) is 0 Å². The largest absolute Gasteiger partial charge is 0.481 e. The molecule has 2 aliphatic rings. The van der Waals surface area contributed by atoms with Crippen LogP contribution in [0, 0.1) is 11.3 Å². The minimum atomic E-state index is -0.746. The van der Waals surface area contributed by atoms with Crippen molar-refractivity contribution in [2.75, 3.05) is 26.8 Å². The Morgan fingerprint density at radius 1 is 1.44 bits per heavy atom. The number of hydrogen-bond acceptors (Lipinski definition) is 3. The lowest BCUT2D eigenvalue weighted by Crippen LogP contribution is -2.51. The third-order valence-electron chi connectivity index (χ3n) is 4.03. The molecule has 1 unspecified atom stereocenters. The summed E-state index contributed by atoms with van der Waals surface area (Å²) in [7, 11) is 1.48. The van der Waals surface area contributed by atoms with Gasteiger partial charge < -0.3 is 14.7 Å². The summed E-state index contributed by atoms with van der Waals surface area (Å²) in [5, 5.41) is 9.53. The van der Waals surface area contributed by atoms with Crippen molar-refractivity contribution in [1.82, 2.24) is 4.90 Å². The van der Waals surface area contributed by atoms with Crippen LogP contribution >= 0.6 is 0 Å². The van der Waals surface area contributed by atoms with Crippen LogP contribution in [-0.4, -0.2) is 48.7 Å². The van der Waals surface area contributed by atoms with Crippen LogP contribution in [0.1, 0.15) is 32.1 Å². The molecule has 18 heavy (non-hydrogen) atoms. The predicted molar refractivity (Wildman–Crippen MR) is 65.1 cm³/mol. The molecule has 5 nitrogen and oxygen atoms in total. The van der Waals surface area contributed by atoms with E-state index in [2.05, 4.69) is 0 Å². The molecule has 1 aliphatic carbocycles. The fourth-order valence-electron chi connectivity index (χ4n) is 2.86. The number of carbonyl (C=O) groups is 2. The fraction of sp³-hybridized carbons (Fsp3) is 0.846. The quantitative estimate of drug-likeness (QED) is 0.799. The van der Waals surface area contributed by atoms with Crippen LogP contribution in [0.3, 0.4) is 0 Å². The van der Waals surface area contributed by atoms with Crippen LogP contribution in [-0.2, 0) is 14.3 Å². The van der Waals surface area contributed by atoms with E-state index in [-0.39, 0.29) is 12.5 Å². The first-order valence-corrected chi connectivity index (χ1v) is 6.57. The van der Waals surface area contributed by atoms with Gasteiger partial charge in [-0.15, -0.1) is 0 Å². The number of nitrogens with zero attached hydrogens (tertiary/aromatic N) is 1. The Morgan fingerprint density at radius 3 is 2.72 bits per heavy atom. The number of carbonyl (C=O) groups excluding carboxylic acids is 1. The molecule has 0 bridgehead atoms. The minimum absolute atomic E-state index is 0.0408. The Bertz CT molecular complexity index is 340. The summed E-state index contributed by atoms with van der Waals surface area (Å²) in [6.07, 6.45) is 4.46. The number of piperidine rings is 1. The summed E-state index contributed by atoms with van der Waals surface area (Å²) in [5.74, 6) is -0.290. The highest BCUT2D eigenvalue weighted by atomic mass is 16.5. The lowest BCUT2D eigenvalue weighted by atomic mass is 9.75. The fourth-order valence-corrected chi connectivity index (χ4v) is 2.86. The molecule has 102 valence electrons. The molecule has 1 atom stereocenters. The van der Waals surface area contributed by atoms with Crippen molar-refractivity contribution < 1.29 is 19.4 Å². The Morgan fingerprint density at radius 2 is 2.17 bits per heavy atom. The summed E-state index contributed by atoms with van der Waals surface area (Å²) in [6, 6.07) is 0. The number of aliphatic carboxylic acids is 1. The highest BCUT2D eigenvalue weighted by Crippen LogP contribution is 2.44. The summed E-state index contributed by atoms with van der Waals surface area (Å²) in [5.41, 5.74) is -0.719. The molecule has 5 heteroatoms. The minimum Gasteiger partial charge on any atom is -0.481 e. The highest BCUT2D eigenvalue weighted by Gasteiger charge is 2.46. The molecule has 1 aliphatic heterocycles. The van der Waals surface area contributed by atoms with E-state index in [4.69, 9.17) is 4.74 Å². The molecule has 1 saturated heterocycles. The number of carboxylic acids is 1. The van der Waals surface area contributed by atoms with Crippen molar-refractivity contribution in [3.63, 3.8) is 0 Å². The third-order valence-corrected chi connectivity index (χ3v) is 4.03. The lowest BCUT2D eigenvalue weighted by molar-refractivity contribution is -0.156. The van der Waals surface area contributed by atoms with Gasteiger partial charge in [0.15, 0.2) is 0 Å². The summed E-state index contributed by atoms with van der Waals surface area (Å²) >= 11 is 0. The summed E-state index contributed by atoms with van der Waals surface area (Å²) < 4.78 is 4.84. The average Bonchev–Trinajstić information content (AvgIpc) is 3.13. The number of carboxylic acid groups (broad SMARTS) is 1. The van der Waals surface area contributed by atoms with Crippen molar-refractivity contribution in [3.8, 4) is 0 Å². The van der Waals surface area contributed by atoms with E-state index in [1.165, 1.54) is 7.11 Å². The molecule has 0 aromatic rings. The zero-order valence-electron chi connectivity index (χ0n) is 10.9. The van der Waals surface area contributed by atoms with Crippen LogP contribution in [0.25, 0.3) is 0 Å². The molecule has 0 aromatic carbocycles. The van der Waals surface area contributed by atoms with Crippen LogP contribution in [0.15, 0.2) is 0 Å². The van der Waals surface area contributed by atoms with Crippen LogP contribution < -0.4 is 0 Å². The van der Waals surface area contributed by atoms with Crippen LogP contribution in [0.2, 0.25) is 0 Å². The van der Waals surface area contributed by atoms with Crippen LogP contribution in [0.5, 0.6) is 0 Å². The second-order valence-corrected chi connectivity index (χ2v) is 5.58. The maximum atomic E-state index is 11.8. The van der Waals surface area contributed by atoms with E-state index in [1.54, 1.807) is 4.90 Å². The first-order chi connectivity index (χ1) is 8.57. The number of amides is 1. The Hall–Kier alpha value is -1.10. The normalized spacial score (nSPS) is 28.2. The monoisotopic (exact) mass is 255 g/mol. The third kappa shape index (κ3) is 2.83. The van der Waals surface area contributed by atoms with E-state index in [0.29, 0.717) is 25.4 Å². The van der Waals surface area contributed by atoms with Gasteiger partial charge in [-0.1, -0.05) is 12.8 Å². The summed E-state index contributed by atoms with van der Waals surface area (Å²) in [6.45, 7) is 1.04. The maximum absolute atomic E-state index is 11.8. The van der Waals surface area contributed by atoms with Crippen LogP contribution in [0.4, 0.5) is 0 Å². The average molecular weight is 255 g/mol. The molecule has 2 rings (SSSR count). The van der Waals surface area contributed by atoms with Crippen molar-refractivity contribution in [2.24, 2.45) is 11.3 Å². The second kappa shape index (κ2) is 5.26. The van der Waals surface area contributed by atoms with Gasteiger partial charge in [0.2, 0.25) is 5.91 Å². The topological polar surface area (TPSA) is 66.8 Å². The molecule has 1 saturated carbocycles. The van der Waals surface area contributed by atoms with Gasteiger partial charge in [-0.2, -0.15) is 0 Å². The number of hydrogen-bond donors (Lipinski definition) is 1. The van der Waals surface area contributed by atoms with Gasteiger partial charge >= 0.3 is 5.97 Å². The second-order valence-electron chi connectivity index (χ2n) is 5.58. The molecule has 1 N–H and O–H groups in total. The Labute approximate surface area is 107 Å². The predicted octanol–water partition coefficient (Wildman–Crippen LogP) is 1.13. The molecule has 2 fully saturated rings. The van der Waals surface area contributed by atoms with E-state index >= 15 is 0 Å². The molecular weight excluding hydrogens is 234 g/mol. The van der Waals surface area contributed by atoms with Gasteiger partial charge in [-0.25, -0.2) is 0 Å². The Balaban J connectivity index is 2.05. The zero-order valence-corrected chi connectivity index (χ0v) is 10.9. The lowest BCUT2D eigenvalue weighted by Gasteiger charge is -2.40. The maximum Gasteiger partial charge on any atom is 0.311 e. The standard InChI is InChI=1S/C13H21NO4/c1-18-8-11(15)14-6-2-5-13(9-14,12(16)17)7-10-3-4-10/h10H,2-9H2,1H3,(H,16,17). The smallest absolute Gasteiger partial charge is 0.311 e.